The van der Waals surface area contributed by atoms with E-state index in [-0.39, 0.29) is 32.9 Å². The predicted octanol–water partition coefficient (Wildman–Crippen LogP) is 3.53. The first-order valence-electron chi connectivity index (χ1n) is 10.2. The fourth-order valence-electron chi connectivity index (χ4n) is 4.07. The Balaban J connectivity index is 1.43. The second kappa shape index (κ2) is 8.56. The van der Waals surface area contributed by atoms with Gasteiger partial charge in [-0.2, -0.15) is 0 Å². The van der Waals surface area contributed by atoms with E-state index in [2.05, 4.69) is 4.90 Å². The van der Waals surface area contributed by atoms with Crippen molar-refractivity contribution in [2.24, 2.45) is 0 Å². The van der Waals surface area contributed by atoms with Crippen LogP contribution in [-0.2, 0) is 4.79 Å². The van der Waals surface area contributed by atoms with Crippen molar-refractivity contribution in [3.05, 3.63) is 63.1 Å². The number of imide groups is 1. The minimum Gasteiger partial charge on any atom is -0.368 e. The summed E-state index contributed by atoms with van der Waals surface area (Å²) in [6.45, 7) is 5.20. The molecule has 2 aliphatic heterocycles. The van der Waals surface area contributed by atoms with Crippen LogP contribution in [0.2, 0.25) is 10.0 Å². The van der Waals surface area contributed by atoms with Gasteiger partial charge in [-0.05, 0) is 50.2 Å². The number of carbonyl (C=O) groups is 4. The normalized spacial score (nSPS) is 16.9. The molecule has 0 aliphatic carbocycles. The zero-order valence-corrected chi connectivity index (χ0v) is 19.1. The fourth-order valence-corrected chi connectivity index (χ4v) is 4.40. The lowest BCUT2D eigenvalue weighted by Gasteiger charge is -2.38. The van der Waals surface area contributed by atoms with Crippen LogP contribution in [0.15, 0.2) is 36.4 Å². The molecule has 0 unspecified atom stereocenters. The number of Topliss-reactive ketones (excluding diaryl/α,β-unsaturated/α-hetero) is 1. The highest BCUT2D eigenvalue weighted by molar-refractivity contribution is 6.43. The maximum Gasteiger partial charge on any atom is 0.262 e. The Morgan fingerprint density at radius 3 is 1.84 bits per heavy atom. The molecule has 0 spiro atoms. The fraction of sp³-hybridized carbons (Fsp3) is 0.304. The number of carbonyl (C=O) groups excluding carboxylic acids is 4. The van der Waals surface area contributed by atoms with Gasteiger partial charge in [0.1, 0.15) is 6.04 Å². The Bertz CT molecular complexity index is 1080. The number of anilines is 1. The summed E-state index contributed by atoms with van der Waals surface area (Å²) in [6.07, 6.45) is 0. The summed E-state index contributed by atoms with van der Waals surface area (Å²) in [5.41, 5.74) is 1.94. The topological polar surface area (TPSA) is 78.0 Å². The van der Waals surface area contributed by atoms with Crippen molar-refractivity contribution in [1.82, 2.24) is 9.80 Å². The summed E-state index contributed by atoms with van der Waals surface area (Å²) in [6, 6.07) is 9.16. The van der Waals surface area contributed by atoms with Gasteiger partial charge in [0.2, 0.25) is 5.91 Å². The smallest absolute Gasteiger partial charge is 0.262 e. The van der Waals surface area contributed by atoms with Gasteiger partial charge in [-0.1, -0.05) is 23.2 Å². The molecule has 0 radical (unpaired) electrons. The van der Waals surface area contributed by atoms with Crippen molar-refractivity contribution in [2.45, 2.75) is 19.9 Å². The summed E-state index contributed by atoms with van der Waals surface area (Å²) in [7, 11) is 0. The third kappa shape index (κ3) is 3.87. The highest BCUT2D eigenvalue weighted by atomic mass is 35.5. The lowest BCUT2D eigenvalue weighted by molar-refractivity contribution is -0.135. The Kier molecular flexibility index (Phi) is 5.97. The zero-order valence-electron chi connectivity index (χ0n) is 17.6. The first-order chi connectivity index (χ1) is 15.2. The van der Waals surface area contributed by atoms with Crippen molar-refractivity contribution >= 4 is 52.4 Å². The molecule has 166 valence electrons. The van der Waals surface area contributed by atoms with E-state index in [0.717, 1.165) is 10.6 Å². The van der Waals surface area contributed by atoms with Crippen molar-refractivity contribution in [3.63, 3.8) is 0 Å². The van der Waals surface area contributed by atoms with Gasteiger partial charge in [-0.15, -0.1) is 0 Å². The van der Waals surface area contributed by atoms with Gasteiger partial charge >= 0.3 is 0 Å². The van der Waals surface area contributed by atoms with E-state index in [9.17, 15) is 19.2 Å². The van der Waals surface area contributed by atoms with Gasteiger partial charge in [-0.3, -0.25) is 24.1 Å². The molecule has 1 saturated heterocycles. The molecular weight excluding hydrogens is 453 g/mol. The quantitative estimate of drug-likeness (QED) is 0.501. The van der Waals surface area contributed by atoms with Gasteiger partial charge in [0, 0.05) is 37.4 Å². The summed E-state index contributed by atoms with van der Waals surface area (Å²) < 4.78 is 0. The molecule has 0 N–H and O–H groups in total. The molecule has 1 atom stereocenters. The number of piperazine rings is 1. The van der Waals surface area contributed by atoms with Crippen LogP contribution in [0.5, 0.6) is 0 Å². The van der Waals surface area contributed by atoms with Gasteiger partial charge in [0.15, 0.2) is 5.78 Å². The van der Waals surface area contributed by atoms with Crippen LogP contribution < -0.4 is 4.90 Å². The maximum absolute atomic E-state index is 13.1. The van der Waals surface area contributed by atoms with Gasteiger partial charge in [-0.25, -0.2) is 0 Å². The number of nitrogens with zero attached hydrogens (tertiary/aromatic N) is 3. The summed E-state index contributed by atoms with van der Waals surface area (Å²) in [5.74, 6) is -1.37. The average molecular weight is 474 g/mol. The molecule has 2 aromatic rings. The highest BCUT2D eigenvalue weighted by Gasteiger charge is 2.42. The number of amides is 3. The standard InChI is InChI=1S/C23H21Cl2N3O4/c1-13(28-22(31)17-11-19(24)20(25)12-18(17)23(28)32)21(30)27-9-7-26(8-10-27)16-5-3-15(4-6-16)14(2)29/h3-6,11-13H,7-10H2,1-2H3/t13-/m0/s1. The Hall–Kier alpha value is -2.90. The van der Waals surface area contributed by atoms with Crippen molar-refractivity contribution in [1.29, 1.82) is 0 Å². The second-order valence-electron chi connectivity index (χ2n) is 7.88. The van der Waals surface area contributed by atoms with Crippen LogP contribution in [0, 0.1) is 0 Å². The van der Waals surface area contributed by atoms with Gasteiger partial charge in [0.05, 0.1) is 21.2 Å². The second-order valence-corrected chi connectivity index (χ2v) is 8.70. The number of halogens is 2. The molecule has 0 bridgehead atoms. The van der Waals surface area contributed by atoms with Crippen molar-refractivity contribution in [2.75, 3.05) is 31.1 Å². The van der Waals surface area contributed by atoms with E-state index in [4.69, 9.17) is 23.2 Å². The van der Waals surface area contributed by atoms with E-state index in [0.29, 0.717) is 31.7 Å². The van der Waals surface area contributed by atoms with Crippen LogP contribution >= 0.6 is 23.2 Å². The van der Waals surface area contributed by atoms with Gasteiger partial charge in [0.25, 0.3) is 11.8 Å². The molecule has 0 aromatic heterocycles. The molecular formula is C23H21Cl2N3O4. The maximum atomic E-state index is 13.1. The van der Waals surface area contributed by atoms with Gasteiger partial charge < -0.3 is 9.80 Å². The minimum absolute atomic E-state index is 0.0126. The third-order valence-electron chi connectivity index (χ3n) is 5.93. The van der Waals surface area contributed by atoms with Crippen LogP contribution in [-0.4, -0.2) is 65.5 Å². The van der Waals surface area contributed by atoms with Crippen molar-refractivity contribution in [3.8, 4) is 0 Å². The first kappa shape index (κ1) is 22.3. The summed E-state index contributed by atoms with van der Waals surface area (Å²) in [4.78, 5) is 54.9. The van der Waals surface area contributed by atoms with E-state index < -0.39 is 17.9 Å². The number of ketones is 1. The number of hydrogen-bond donors (Lipinski definition) is 0. The molecule has 7 nitrogen and oxygen atoms in total. The Labute approximate surface area is 195 Å². The average Bonchev–Trinajstić information content (AvgIpc) is 3.02. The zero-order chi connectivity index (χ0) is 23.2. The van der Waals surface area contributed by atoms with Crippen LogP contribution in [0.1, 0.15) is 44.9 Å². The monoisotopic (exact) mass is 473 g/mol. The molecule has 9 heteroatoms. The van der Waals surface area contributed by atoms with E-state index in [1.807, 2.05) is 12.1 Å². The van der Waals surface area contributed by atoms with E-state index >= 15 is 0 Å². The predicted molar refractivity (Wildman–Crippen MR) is 122 cm³/mol. The largest absolute Gasteiger partial charge is 0.368 e. The molecule has 2 aliphatic rings. The van der Waals surface area contributed by atoms with Crippen LogP contribution in [0.4, 0.5) is 5.69 Å². The molecule has 0 saturated carbocycles. The molecule has 32 heavy (non-hydrogen) atoms. The molecule has 4 rings (SSSR count). The lowest BCUT2D eigenvalue weighted by Crippen LogP contribution is -2.55. The van der Waals surface area contributed by atoms with E-state index in [1.54, 1.807) is 24.0 Å². The summed E-state index contributed by atoms with van der Waals surface area (Å²) in [5, 5.41) is 0.361. The Morgan fingerprint density at radius 2 is 1.38 bits per heavy atom. The SMILES string of the molecule is CC(=O)c1ccc(N2CCN(C(=O)[C@H](C)N3C(=O)c4cc(Cl)c(Cl)cc4C3=O)CC2)cc1. The molecule has 2 aromatic carbocycles. The van der Waals surface area contributed by atoms with E-state index in [1.165, 1.54) is 19.1 Å². The van der Waals surface area contributed by atoms with Crippen molar-refractivity contribution < 1.29 is 19.2 Å². The number of benzene rings is 2. The molecule has 2 heterocycles. The minimum atomic E-state index is -0.943. The number of fused-ring (bicyclic) bond motifs is 1. The lowest BCUT2D eigenvalue weighted by atomic mass is 10.1. The third-order valence-corrected chi connectivity index (χ3v) is 6.66. The first-order valence-corrected chi connectivity index (χ1v) is 11.0. The summed E-state index contributed by atoms with van der Waals surface area (Å²) >= 11 is 12.0. The Morgan fingerprint density at radius 1 is 0.875 bits per heavy atom. The number of hydrogen-bond acceptors (Lipinski definition) is 5. The van der Waals surface area contributed by atoms with Crippen LogP contribution in [0.25, 0.3) is 0 Å². The molecule has 1 fully saturated rings. The highest BCUT2D eigenvalue weighted by Crippen LogP contribution is 2.32. The number of rotatable bonds is 4. The molecule has 3 amide bonds. The van der Waals surface area contributed by atoms with Crippen LogP contribution in [0.3, 0.4) is 0 Å².